The third-order valence-electron chi connectivity index (χ3n) is 5.51. The monoisotopic (exact) mass is 483 g/mol. The van der Waals surface area contributed by atoms with E-state index < -0.39 is 0 Å². The summed E-state index contributed by atoms with van der Waals surface area (Å²) in [4.78, 5) is 30.5. The van der Waals surface area contributed by atoms with Gasteiger partial charge in [-0.25, -0.2) is 0 Å². The number of methoxy groups -OCH3 is 2. The van der Waals surface area contributed by atoms with Crippen molar-refractivity contribution in [1.29, 1.82) is 0 Å². The molecule has 0 saturated carbocycles. The molecular formula is C26H33N3O4S. The molecule has 0 bridgehead atoms. The van der Waals surface area contributed by atoms with Crippen LogP contribution in [0.4, 0.5) is 0 Å². The summed E-state index contributed by atoms with van der Waals surface area (Å²) in [6.07, 6.45) is 2.69. The van der Waals surface area contributed by atoms with Gasteiger partial charge in [-0.2, -0.15) is 0 Å². The second-order valence-electron chi connectivity index (χ2n) is 7.97. The summed E-state index contributed by atoms with van der Waals surface area (Å²) in [6, 6.07) is 17.9. The fourth-order valence-corrected chi connectivity index (χ4v) is 4.38. The minimum absolute atomic E-state index is 0.0174. The van der Waals surface area contributed by atoms with Gasteiger partial charge in [0, 0.05) is 52.4 Å². The number of amides is 2. The van der Waals surface area contributed by atoms with Crippen LogP contribution in [0.3, 0.4) is 0 Å². The third-order valence-corrected chi connectivity index (χ3v) is 6.37. The summed E-state index contributed by atoms with van der Waals surface area (Å²) in [5, 5.41) is 1.87. The second kappa shape index (κ2) is 13.7. The lowest BCUT2D eigenvalue weighted by atomic mass is 10.2. The van der Waals surface area contributed by atoms with Crippen LogP contribution in [-0.2, 0) is 27.4 Å². The van der Waals surface area contributed by atoms with Crippen LogP contribution in [0.15, 0.2) is 66.2 Å². The molecule has 0 N–H and O–H groups in total. The fourth-order valence-electron chi connectivity index (χ4n) is 3.69. The van der Waals surface area contributed by atoms with Crippen molar-refractivity contribution in [1.82, 2.24) is 14.4 Å². The van der Waals surface area contributed by atoms with Crippen molar-refractivity contribution in [2.75, 3.05) is 47.1 Å². The molecule has 0 spiro atoms. The zero-order chi connectivity index (χ0) is 24.2. The van der Waals surface area contributed by atoms with Crippen LogP contribution in [0.5, 0.6) is 0 Å². The highest BCUT2D eigenvalue weighted by Crippen LogP contribution is 2.15. The van der Waals surface area contributed by atoms with Crippen molar-refractivity contribution in [2.45, 2.75) is 19.5 Å². The number of carbonyl (C=O) groups excluding carboxylic acids is 2. The van der Waals surface area contributed by atoms with Gasteiger partial charge in [0.05, 0.1) is 18.0 Å². The number of hydrogen-bond acceptors (Lipinski definition) is 5. The highest BCUT2D eigenvalue weighted by atomic mass is 32.1. The van der Waals surface area contributed by atoms with Crippen LogP contribution in [0.25, 0.3) is 0 Å². The standard InChI is InChI=1S/C26H33N3O4S/c1-32-16-8-14-29(26(31)24-12-7-18-34-24)21-25(30)28(15-17-33-2)20-23-11-6-13-27(23)19-22-9-4-3-5-10-22/h3-7,9-13,18H,8,14-17,19-21H2,1-2H3. The summed E-state index contributed by atoms with van der Waals surface area (Å²) in [6.45, 7) is 3.06. The van der Waals surface area contributed by atoms with Crippen molar-refractivity contribution in [2.24, 2.45) is 0 Å². The summed E-state index contributed by atoms with van der Waals surface area (Å²) >= 11 is 1.38. The van der Waals surface area contributed by atoms with Crippen LogP contribution < -0.4 is 0 Å². The molecule has 0 aliphatic carbocycles. The Morgan fingerprint density at radius 1 is 0.912 bits per heavy atom. The van der Waals surface area contributed by atoms with Crippen LogP contribution in [-0.4, -0.2) is 73.2 Å². The molecule has 7 nitrogen and oxygen atoms in total. The van der Waals surface area contributed by atoms with Crippen LogP contribution >= 0.6 is 11.3 Å². The Kier molecular flexibility index (Phi) is 10.3. The molecule has 3 aromatic rings. The average molecular weight is 484 g/mol. The Hall–Kier alpha value is -2.94. The van der Waals surface area contributed by atoms with Crippen LogP contribution in [0.1, 0.15) is 27.3 Å². The molecule has 0 unspecified atom stereocenters. The van der Waals surface area contributed by atoms with Crippen LogP contribution in [0.2, 0.25) is 0 Å². The zero-order valence-electron chi connectivity index (χ0n) is 19.9. The molecule has 0 atom stereocenters. The normalized spacial score (nSPS) is 10.9. The Morgan fingerprint density at radius 2 is 1.71 bits per heavy atom. The number of ether oxygens (including phenoxy) is 2. The quantitative estimate of drug-likeness (QED) is 0.328. The van der Waals surface area contributed by atoms with Gasteiger partial charge in [0.2, 0.25) is 5.91 Å². The van der Waals surface area contributed by atoms with Crippen molar-refractivity contribution in [3.05, 3.63) is 82.3 Å². The number of benzene rings is 1. The molecule has 0 aliphatic rings. The van der Waals surface area contributed by atoms with Gasteiger partial charge in [-0.05, 0) is 35.6 Å². The van der Waals surface area contributed by atoms with E-state index in [1.54, 1.807) is 30.1 Å². The molecule has 2 amide bonds. The number of rotatable bonds is 14. The highest BCUT2D eigenvalue weighted by molar-refractivity contribution is 7.12. The van der Waals surface area contributed by atoms with Crippen molar-refractivity contribution >= 4 is 23.2 Å². The van der Waals surface area contributed by atoms with E-state index in [1.807, 2.05) is 48.0 Å². The fraction of sp³-hybridized carbons (Fsp3) is 0.385. The van der Waals surface area contributed by atoms with E-state index in [1.165, 1.54) is 16.9 Å². The summed E-state index contributed by atoms with van der Waals surface area (Å²) in [5.41, 5.74) is 2.23. The summed E-state index contributed by atoms with van der Waals surface area (Å²) in [7, 11) is 3.26. The van der Waals surface area contributed by atoms with E-state index >= 15 is 0 Å². The maximum atomic E-state index is 13.4. The van der Waals surface area contributed by atoms with E-state index in [0.717, 1.165) is 12.2 Å². The molecule has 34 heavy (non-hydrogen) atoms. The summed E-state index contributed by atoms with van der Waals surface area (Å²) < 4.78 is 12.6. The van der Waals surface area contributed by atoms with Crippen molar-refractivity contribution < 1.29 is 19.1 Å². The van der Waals surface area contributed by atoms with Gasteiger partial charge in [-0.1, -0.05) is 36.4 Å². The van der Waals surface area contributed by atoms with Gasteiger partial charge in [-0.15, -0.1) is 11.3 Å². The average Bonchev–Trinajstić information content (AvgIpc) is 3.54. The molecule has 182 valence electrons. The first kappa shape index (κ1) is 25.7. The second-order valence-corrected chi connectivity index (χ2v) is 8.92. The van der Waals surface area contributed by atoms with E-state index in [-0.39, 0.29) is 18.4 Å². The molecule has 2 aromatic heterocycles. The number of nitrogens with zero attached hydrogens (tertiary/aromatic N) is 3. The number of aromatic nitrogens is 1. The lowest BCUT2D eigenvalue weighted by Crippen LogP contribution is -2.44. The highest BCUT2D eigenvalue weighted by Gasteiger charge is 2.23. The van der Waals surface area contributed by atoms with E-state index in [2.05, 4.69) is 16.7 Å². The SMILES string of the molecule is COCCCN(CC(=O)N(CCOC)Cc1cccn1Cc1ccccc1)C(=O)c1cccs1. The predicted molar refractivity (Wildman–Crippen MR) is 134 cm³/mol. The molecule has 1 aromatic carbocycles. The molecule has 0 aliphatic heterocycles. The Bertz CT molecular complexity index is 1000. The Balaban J connectivity index is 1.72. The third kappa shape index (κ3) is 7.55. The van der Waals surface area contributed by atoms with E-state index in [4.69, 9.17) is 9.47 Å². The van der Waals surface area contributed by atoms with Gasteiger partial charge in [0.25, 0.3) is 5.91 Å². The summed E-state index contributed by atoms with van der Waals surface area (Å²) in [5.74, 6) is -0.231. The molecule has 0 fully saturated rings. The zero-order valence-corrected chi connectivity index (χ0v) is 20.7. The maximum Gasteiger partial charge on any atom is 0.264 e. The first-order chi connectivity index (χ1) is 16.6. The predicted octanol–water partition coefficient (Wildman–Crippen LogP) is 3.75. The molecule has 8 heteroatoms. The molecule has 3 rings (SSSR count). The van der Waals surface area contributed by atoms with Gasteiger partial charge in [0.15, 0.2) is 0 Å². The van der Waals surface area contributed by atoms with Crippen molar-refractivity contribution in [3.63, 3.8) is 0 Å². The molecular weight excluding hydrogens is 450 g/mol. The lowest BCUT2D eigenvalue weighted by molar-refractivity contribution is -0.133. The maximum absolute atomic E-state index is 13.4. The lowest BCUT2D eigenvalue weighted by Gasteiger charge is -2.28. The van der Waals surface area contributed by atoms with E-state index in [9.17, 15) is 9.59 Å². The largest absolute Gasteiger partial charge is 0.385 e. The van der Waals surface area contributed by atoms with Gasteiger partial charge >= 0.3 is 0 Å². The molecule has 0 saturated heterocycles. The molecule has 0 radical (unpaired) electrons. The van der Waals surface area contributed by atoms with Crippen LogP contribution in [0, 0.1) is 0 Å². The Labute approximate surface area is 205 Å². The number of thiophene rings is 1. The van der Waals surface area contributed by atoms with Gasteiger partial charge in [0.1, 0.15) is 6.54 Å². The first-order valence-electron chi connectivity index (χ1n) is 11.4. The Morgan fingerprint density at radius 3 is 2.41 bits per heavy atom. The van der Waals surface area contributed by atoms with Gasteiger partial charge < -0.3 is 23.8 Å². The first-order valence-corrected chi connectivity index (χ1v) is 12.3. The minimum Gasteiger partial charge on any atom is -0.385 e. The smallest absolute Gasteiger partial charge is 0.264 e. The van der Waals surface area contributed by atoms with E-state index in [0.29, 0.717) is 44.1 Å². The molecule has 2 heterocycles. The van der Waals surface area contributed by atoms with Crippen molar-refractivity contribution in [3.8, 4) is 0 Å². The minimum atomic E-state index is -0.126. The topological polar surface area (TPSA) is 64.0 Å². The number of carbonyl (C=O) groups is 2. The van der Waals surface area contributed by atoms with Gasteiger partial charge in [-0.3, -0.25) is 9.59 Å². The number of hydrogen-bond donors (Lipinski definition) is 0.